The molecule has 1 amide bonds. The van der Waals surface area contributed by atoms with Crippen molar-refractivity contribution in [2.75, 3.05) is 31.0 Å². The molecular weight excluding hydrogens is 182 g/mol. The van der Waals surface area contributed by atoms with E-state index in [0.29, 0.717) is 18.2 Å². The van der Waals surface area contributed by atoms with Crippen LogP contribution in [0.1, 0.15) is 6.92 Å². The van der Waals surface area contributed by atoms with Gasteiger partial charge in [0.05, 0.1) is 5.75 Å². The molecule has 0 N–H and O–H groups in total. The van der Waals surface area contributed by atoms with Gasteiger partial charge in [0.15, 0.2) is 0 Å². The molecule has 0 aromatic heterocycles. The molecule has 0 saturated carbocycles. The summed E-state index contributed by atoms with van der Waals surface area (Å²) in [5, 5.41) is 0. The molecule has 0 aromatic carbocycles. The summed E-state index contributed by atoms with van der Waals surface area (Å²) in [5.74, 6) is 1.26. The van der Waals surface area contributed by atoms with Crippen molar-refractivity contribution in [3.8, 4) is 0 Å². The minimum Gasteiger partial charge on any atom is -0.341 e. The van der Waals surface area contributed by atoms with Gasteiger partial charge < -0.3 is 4.90 Å². The number of hydrogen-bond donors (Lipinski definition) is 0. The number of amides is 1. The van der Waals surface area contributed by atoms with Gasteiger partial charge in [0.25, 0.3) is 0 Å². The van der Waals surface area contributed by atoms with Crippen molar-refractivity contribution in [3.63, 3.8) is 0 Å². The first-order chi connectivity index (χ1) is 5.26. The summed E-state index contributed by atoms with van der Waals surface area (Å²) in [4.78, 5) is 13.0. The number of hydrogen-bond acceptors (Lipinski definition) is 2. The van der Waals surface area contributed by atoms with Crippen LogP contribution >= 0.6 is 23.4 Å². The van der Waals surface area contributed by atoms with E-state index in [1.807, 2.05) is 13.2 Å². The first kappa shape index (κ1) is 11.1. The third-order valence-corrected chi connectivity index (χ3v) is 2.06. The Hall–Kier alpha value is 0.110. The fraction of sp³-hybridized carbons (Fsp3) is 0.857. The van der Waals surface area contributed by atoms with Crippen molar-refractivity contribution in [2.45, 2.75) is 6.92 Å². The standard InChI is InChI=1S/C7H14ClNOS/c1-3-9(5-4-8)7(10)6-11-2/h3-6H2,1-2H3. The molecule has 0 fully saturated rings. The molecule has 0 bridgehead atoms. The van der Waals surface area contributed by atoms with Gasteiger partial charge in [-0.2, -0.15) is 11.8 Å². The molecule has 0 aliphatic rings. The van der Waals surface area contributed by atoms with E-state index < -0.39 is 0 Å². The molecule has 0 spiro atoms. The summed E-state index contributed by atoms with van der Waals surface area (Å²) in [6.45, 7) is 3.38. The lowest BCUT2D eigenvalue weighted by Gasteiger charge is -2.18. The average Bonchev–Trinajstić information content (AvgIpc) is 2.00. The monoisotopic (exact) mass is 195 g/mol. The lowest BCUT2D eigenvalue weighted by molar-refractivity contribution is -0.127. The quantitative estimate of drug-likeness (QED) is 0.619. The molecule has 0 atom stereocenters. The Morgan fingerprint density at radius 2 is 2.27 bits per heavy atom. The third kappa shape index (κ3) is 4.53. The van der Waals surface area contributed by atoms with Crippen LogP contribution in [0.2, 0.25) is 0 Å². The highest BCUT2D eigenvalue weighted by Crippen LogP contribution is 1.97. The maximum Gasteiger partial charge on any atom is 0.232 e. The molecule has 0 saturated heterocycles. The summed E-state index contributed by atoms with van der Waals surface area (Å²) < 4.78 is 0. The van der Waals surface area contributed by atoms with Crippen LogP contribution < -0.4 is 0 Å². The van der Waals surface area contributed by atoms with Crippen LogP contribution in [-0.2, 0) is 4.79 Å². The van der Waals surface area contributed by atoms with E-state index in [4.69, 9.17) is 11.6 Å². The highest BCUT2D eigenvalue weighted by atomic mass is 35.5. The Morgan fingerprint density at radius 3 is 2.64 bits per heavy atom. The lowest BCUT2D eigenvalue weighted by Crippen LogP contribution is -2.33. The van der Waals surface area contributed by atoms with Gasteiger partial charge >= 0.3 is 0 Å². The van der Waals surface area contributed by atoms with Gasteiger partial charge in [-0.3, -0.25) is 4.79 Å². The largest absolute Gasteiger partial charge is 0.341 e. The average molecular weight is 196 g/mol. The minimum absolute atomic E-state index is 0.181. The summed E-state index contributed by atoms with van der Waals surface area (Å²) >= 11 is 7.06. The van der Waals surface area contributed by atoms with E-state index in [-0.39, 0.29) is 5.91 Å². The van der Waals surface area contributed by atoms with Crippen LogP contribution in [0.25, 0.3) is 0 Å². The van der Waals surface area contributed by atoms with E-state index >= 15 is 0 Å². The summed E-state index contributed by atoms with van der Waals surface area (Å²) in [6, 6.07) is 0. The molecule has 0 aromatic rings. The van der Waals surface area contributed by atoms with Crippen molar-refractivity contribution >= 4 is 29.3 Å². The number of rotatable bonds is 5. The Labute approximate surface area is 77.3 Å². The highest BCUT2D eigenvalue weighted by molar-refractivity contribution is 7.99. The predicted molar refractivity (Wildman–Crippen MR) is 51.4 cm³/mol. The fourth-order valence-electron chi connectivity index (χ4n) is 0.776. The summed E-state index contributed by atoms with van der Waals surface area (Å²) in [7, 11) is 0. The molecular formula is C7H14ClNOS. The Bertz CT molecular complexity index is 121. The smallest absolute Gasteiger partial charge is 0.232 e. The maximum absolute atomic E-state index is 11.2. The summed E-state index contributed by atoms with van der Waals surface area (Å²) in [5.41, 5.74) is 0. The number of halogens is 1. The van der Waals surface area contributed by atoms with Gasteiger partial charge in [-0.15, -0.1) is 11.6 Å². The number of carbonyl (C=O) groups excluding carboxylic acids is 1. The number of alkyl halides is 1. The second-order valence-corrected chi connectivity index (χ2v) is 3.34. The number of carbonyl (C=O) groups is 1. The zero-order chi connectivity index (χ0) is 8.69. The van der Waals surface area contributed by atoms with Gasteiger partial charge in [0, 0.05) is 19.0 Å². The molecule has 0 unspecified atom stereocenters. The van der Waals surface area contributed by atoms with Crippen molar-refractivity contribution in [2.24, 2.45) is 0 Å². The number of thioether (sulfide) groups is 1. The third-order valence-electron chi connectivity index (χ3n) is 1.36. The topological polar surface area (TPSA) is 20.3 Å². The van der Waals surface area contributed by atoms with Gasteiger partial charge in [-0.1, -0.05) is 0 Å². The lowest BCUT2D eigenvalue weighted by atomic mass is 10.5. The minimum atomic E-state index is 0.181. The van der Waals surface area contributed by atoms with E-state index in [1.165, 1.54) is 0 Å². The van der Waals surface area contributed by atoms with E-state index in [1.54, 1.807) is 16.7 Å². The second-order valence-electron chi connectivity index (χ2n) is 2.10. The highest BCUT2D eigenvalue weighted by Gasteiger charge is 2.08. The first-order valence-electron chi connectivity index (χ1n) is 3.59. The number of nitrogens with zero attached hydrogens (tertiary/aromatic N) is 1. The molecule has 11 heavy (non-hydrogen) atoms. The Balaban J connectivity index is 3.71. The molecule has 0 heterocycles. The van der Waals surface area contributed by atoms with Gasteiger partial charge in [-0.05, 0) is 13.2 Å². The zero-order valence-electron chi connectivity index (χ0n) is 6.97. The van der Waals surface area contributed by atoms with Crippen LogP contribution in [0.15, 0.2) is 0 Å². The normalized spacial score (nSPS) is 9.73. The van der Waals surface area contributed by atoms with Gasteiger partial charge in [0.1, 0.15) is 0 Å². The maximum atomic E-state index is 11.2. The second kappa shape index (κ2) is 6.80. The van der Waals surface area contributed by atoms with Crippen LogP contribution in [0.3, 0.4) is 0 Å². The molecule has 2 nitrogen and oxygen atoms in total. The van der Waals surface area contributed by atoms with Gasteiger partial charge in [-0.25, -0.2) is 0 Å². The van der Waals surface area contributed by atoms with Crippen molar-refractivity contribution in [1.82, 2.24) is 4.90 Å². The molecule has 4 heteroatoms. The van der Waals surface area contributed by atoms with Crippen molar-refractivity contribution in [3.05, 3.63) is 0 Å². The zero-order valence-corrected chi connectivity index (χ0v) is 8.54. The molecule has 0 radical (unpaired) electrons. The molecule has 66 valence electrons. The molecule has 0 aliphatic heterocycles. The molecule has 0 aliphatic carbocycles. The van der Waals surface area contributed by atoms with Crippen molar-refractivity contribution in [1.29, 1.82) is 0 Å². The first-order valence-corrected chi connectivity index (χ1v) is 5.51. The predicted octanol–water partition coefficient (Wildman–Crippen LogP) is 1.44. The SMILES string of the molecule is CCN(CCCl)C(=O)CSC. The van der Waals surface area contributed by atoms with Crippen LogP contribution in [0.4, 0.5) is 0 Å². The van der Waals surface area contributed by atoms with Crippen LogP contribution in [0, 0.1) is 0 Å². The van der Waals surface area contributed by atoms with E-state index in [2.05, 4.69) is 0 Å². The van der Waals surface area contributed by atoms with E-state index in [0.717, 1.165) is 6.54 Å². The Kier molecular flexibility index (Phi) is 6.87. The van der Waals surface area contributed by atoms with Crippen LogP contribution in [-0.4, -0.2) is 41.8 Å². The van der Waals surface area contributed by atoms with E-state index in [9.17, 15) is 4.79 Å². The molecule has 0 rings (SSSR count). The van der Waals surface area contributed by atoms with Crippen molar-refractivity contribution < 1.29 is 4.79 Å². The Morgan fingerprint density at radius 1 is 1.64 bits per heavy atom. The fourth-order valence-corrected chi connectivity index (χ4v) is 1.41. The van der Waals surface area contributed by atoms with Crippen LogP contribution in [0.5, 0.6) is 0 Å². The summed E-state index contributed by atoms with van der Waals surface area (Å²) in [6.07, 6.45) is 1.92. The van der Waals surface area contributed by atoms with Gasteiger partial charge in [0.2, 0.25) is 5.91 Å².